The number of carbonyl (C=O) groups is 1. The van der Waals surface area contributed by atoms with Gasteiger partial charge >= 0.3 is 6.16 Å². The Labute approximate surface area is 191 Å². The van der Waals surface area contributed by atoms with Gasteiger partial charge in [-0.15, -0.1) is 0 Å². The third-order valence-electron chi connectivity index (χ3n) is 5.84. The number of ether oxygens (including phenoxy) is 5. The Morgan fingerprint density at radius 3 is 2.82 bits per heavy atom. The lowest BCUT2D eigenvalue weighted by Crippen LogP contribution is -2.46. The van der Waals surface area contributed by atoms with Crippen LogP contribution in [-0.4, -0.2) is 57.6 Å². The van der Waals surface area contributed by atoms with Gasteiger partial charge in [-0.05, 0) is 32.4 Å². The fourth-order valence-electron chi connectivity index (χ4n) is 4.28. The van der Waals surface area contributed by atoms with Crippen molar-refractivity contribution in [3.63, 3.8) is 0 Å². The second-order valence-corrected chi connectivity index (χ2v) is 8.71. The maximum atomic E-state index is 12.1. The van der Waals surface area contributed by atoms with Crippen LogP contribution in [0.25, 0.3) is 5.52 Å². The van der Waals surface area contributed by atoms with Gasteiger partial charge in [0.1, 0.15) is 42.8 Å². The number of hydrogen-bond acceptors (Lipinski definition) is 10. The number of fused-ring (bicyclic) bond motifs is 2. The van der Waals surface area contributed by atoms with Crippen LogP contribution in [0, 0.1) is 11.3 Å². The van der Waals surface area contributed by atoms with Crippen LogP contribution in [-0.2, 0) is 23.7 Å². The molecule has 2 aliphatic rings. The van der Waals surface area contributed by atoms with E-state index in [1.807, 2.05) is 0 Å². The highest BCUT2D eigenvalue weighted by Crippen LogP contribution is 2.50. The van der Waals surface area contributed by atoms with E-state index in [2.05, 4.69) is 23.1 Å². The van der Waals surface area contributed by atoms with Gasteiger partial charge < -0.3 is 29.4 Å². The van der Waals surface area contributed by atoms with Crippen LogP contribution in [0.5, 0.6) is 0 Å². The van der Waals surface area contributed by atoms with Crippen LogP contribution in [0.4, 0.5) is 10.6 Å². The van der Waals surface area contributed by atoms with Crippen molar-refractivity contribution >= 4 is 17.5 Å². The van der Waals surface area contributed by atoms with E-state index in [-0.39, 0.29) is 13.2 Å². The van der Waals surface area contributed by atoms with Gasteiger partial charge in [-0.2, -0.15) is 10.4 Å². The lowest BCUT2D eigenvalue weighted by molar-refractivity contribution is -0.205. The van der Waals surface area contributed by atoms with E-state index in [9.17, 15) is 10.1 Å². The summed E-state index contributed by atoms with van der Waals surface area (Å²) in [5, 5.41) is 14.4. The quantitative estimate of drug-likeness (QED) is 0.462. The van der Waals surface area contributed by atoms with E-state index >= 15 is 0 Å². The molecule has 0 unspecified atom stereocenters. The molecule has 2 fully saturated rings. The third kappa shape index (κ3) is 4.46. The van der Waals surface area contributed by atoms with E-state index in [0.717, 1.165) is 25.7 Å². The number of anilines is 1. The molecule has 4 heterocycles. The molecule has 0 saturated carbocycles. The van der Waals surface area contributed by atoms with Crippen molar-refractivity contribution in [3.8, 4) is 6.07 Å². The first kappa shape index (κ1) is 23.2. The topological polar surface area (TPSA) is 143 Å². The van der Waals surface area contributed by atoms with Crippen LogP contribution >= 0.6 is 0 Å². The molecule has 2 aromatic heterocycles. The van der Waals surface area contributed by atoms with Crippen LogP contribution in [0.15, 0.2) is 18.5 Å². The molecule has 0 amide bonds. The van der Waals surface area contributed by atoms with Gasteiger partial charge in [-0.3, -0.25) is 0 Å². The molecule has 0 radical (unpaired) electrons. The van der Waals surface area contributed by atoms with E-state index in [1.165, 1.54) is 6.33 Å². The van der Waals surface area contributed by atoms with Crippen molar-refractivity contribution in [1.29, 1.82) is 5.26 Å². The molecular formula is C22H29N5O6. The van der Waals surface area contributed by atoms with Crippen LogP contribution in [0.2, 0.25) is 0 Å². The Morgan fingerprint density at radius 1 is 1.24 bits per heavy atom. The van der Waals surface area contributed by atoms with Crippen molar-refractivity contribution in [3.05, 3.63) is 24.2 Å². The highest BCUT2D eigenvalue weighted by Gasteiger charge is 2.65. The molecule has 0 aromatic carbocycles. The second-order valence-electron chi connectivity index (χ2n) is 8.71. The van der Waals surface area contributed by atoms with Crippen molar-refractivity contribution in [1.82, 2.24) is 14.6 Å². The zero-order valence-corrected chi connectivity index (χ0v) is 19.0. The highest BCUT2D eigenvalue weighted by molar-refractivity contribution is 5.65. The maximum Gasteiger partial charge on any atom is 0.508 e. The third-order valence-corrected chi connectivity index (χ3v) is 5.84. The summed E-state index contributed by atoms with van der Waals surface area (Å²) in [6.45, 7) is 5.51. The Balaban J connectivity index is 1.53. The lowest BCUT2D eigenvalue weighted by atomic mass is 9.96. The van der Waals surface area contributed by atoms with E-state index in [4.69, 9.17) is 29.4 Å². The summed E-state index contributed by atoms with van der Waals surface area (Å²) in [5.74, 6) is -0.647. The largest absolute Gasteiger partial charge is 0.508 e. The average molecular weight is 460 g/mol. The number of rotatable bonds is 8. The Morgan fingerprint density at radius 2 is 2.06 bits per heavy atom. The molecule has 2 aromatic rings. The first-order chi connectivity index (χ1) is 15.8. The van der Waals surface area contributed by atoms with Crippen molar-refractivity contribution in [2.75, 3.05) is 18.9 Å². The normalized spacial score (nSPS) is 27.9. The number of carbonyl (C=O) groups excluding carboxylic acids is 1. The fraction of sp³-hybridized carbons (Fsp3) is 0.636. The highest BCUT2D eigenvalue weighted by atomic mass is 16.8. The van der Waals surface area contributed by atoms with Crippen LogP contribution in [0.1, 0.15) is 58.3 Å². The zero-order chi connectivity index (χ0) is 23.6. The molecule has 2 N–H and O–H groups in total. The van der Waals surface area contributed by atoms with E-state index in [0.29, 0.717) is 17.0 Å². The summed E-state index contributed by atoms with van der Waals surface area (Å²) in [6, 6.07) is 5.70. The lowest BCUT2D eigenvalue weighted by Gasteiger charge is -2.28. The first-order valence-electron chi connectivity index (χ1n) is 11.1. The first-order valence-corrected chi connectivity index (χ1v) is 11.1. The molecule has 33 heavy (non-hydrogen) atoms. The Hall–Kier alpha value is -2.94. The molecule has 2 saturated heterocycles. The van der Waals surface area contributed by atoms with E-state index in [1.54, 1.807) is 30.5 Å². The van der Waals surface area contributed by atoms with Crippen molar-refractivity contribution < 1.29 is 28.5 Å². The number of nitriles is 1. The molecule has 0 spiro atoms. The number of aromatic nitrogens is 3. The second kappa shape index (κ2) is 9.13. The molecule has 4 atom stereocenters. The standard InChI is InChI=1S/C22H29N5O6/c1-4-5-6-7-10-29-20(28)30-12-22(11-23)18-17(31-21(2,3)33-18)16(32-22)14-8-9-15-19(24)25-13-26-27(14)15/h8-9,13,16-18H,4-7,10,12H2,1-3H3,(H2,24,25,26)/t16-,17-,18-,22+/m0/s1. The van der Waals surface area contributed by atoms with Gasteiger partial charge in [-0.1, -0.05) is 26.2 Å². The van der Waals surface area contributed by atoms with Gasteiger partial charge in [-0.25, -0.2) is 14.3 Å². The molecule has 4 rings (SSSR count). The SMILES string of the molecule is CCCCCCOC(=O)OC[C@@]1(C#N)O[C@@H](c2ccc3c(N)ncnn23)[C@@H]2OC(C)(C)O[C@@H]21. The van der Waals surface area contributed by atoms with Gasteiger partial charge in [0.2, 0.25) is 5.60 Å². The van der Waals surface area contributed by atoms with Gasteiger partial charge in [0, 0.05) is 0 Å². The number of hydrogen-bond donors (Lipinski definition) is 1. The van der Waals surface area contributed by atoms with E-state index < -0.39 is 35.9 Å². The summed E-state index contributed by atoms with van der Waals surface area (Å²) >= 11 is 0. The molecular weight excluding hydrogens is 430 g/mol. The summed E-state index contributed by atoms with van der Waals surface area (Å²) in [4.78, 5) is 16.1. The Kier molecular flexibility index (Phi) is 6.43. The summed E-state index contributed by atoms with van der Waals surface area (Å²) in [7, 11) is 0. The number of nitrogens with zero attached hydrogens (tertiary/aromatic N) is 4. The van der Waals surface area contributed by atoms with Crippen molar-refractivity contribution in [2.24, 2.45) is 0 Å². The molecule has 0 aliphatic carbocycles. The average Bonchev–Trinajstić information content (AvgIpc) is 3.43. The molecule has 2 aliphatic heterocycles. The summed E-state index contributed by atoms with van der Waals surface area (Å²) in [6.07, 6.45) is 2.22. The fourth-order valence-corrected chi connectivity index (χ4v) is 4.28. The number of nitrogens with two attached hydrogens (primary N) is 1. The van der Waals surface area contributed by atoms with Gasteiger partial charge in [0.15, 0.2) is 11.6 Å². The molecule has 11 nitrogen and oxygen atoms in total. The Bertz CT molecular complexity index is 1050. The predicted octanol–water partition coefficient (Wildman–Crippen LogP) is 2.90. The smallest absolute Gasteiger partial charge is 0.434 e. The summed E-state index contributed by atoms with van der Waals surface area (Å²) in [5.41, 5.74) is 5.58. The summed E-state index contributed by atoms with van der Waals surface area (Å²) < 4.78 is 30.3. The minimum Gasteiger partial charge on any atom is -0.434 e. The molecule has 178 valence electrons. The number of nitrogen functional groups attached to an aromatic ring is 1. The molecule has 11 heteroatoms. The number of unbranched alkanes of at least 4 members (excludes halogenated alkanes) is 3. The predicted molar refractivity (Wildman–Crippen MR) is 115 cm³/mol. The zero-order valence-electron chi connectivity index (χ0n) is 19.0. The minimum atomic E-state index is -1.59. The maximum absolute atomic E-state index is 12.1. The van der Waals surface area contributed by atoms with Crippen LogP contribution in [0.3, 0.4) is 0 Å². The van der Waals surface area contributed by atoms with Gasteiger partial charge in [0.05, 0.1) is 12.3 Å². The van der Waals surface area contributed by atoms with Gasteiger partial charge in [0.25, 0.3) is 0 Å². The van der Waals surface area contributed by atoms with Crippen LogP contribution < -0.4 is 5.73 Å². The van der Waals surface area contributed by atoms with Crippen molar-refractivity contribution in [2.45, 2.75) is 76.2 Å². The minimum absolute atomic E-state index is 0.262. The monoisotopic (exact) mass is 459 g/mol. The molecule has 0 bridgehead atoms.